The van der Waals surface area contributed by atoms with E-state index in [0.29, 0.717) is 23.4 Å². The highest BCUT2D eigenvalue weighted by molar-refractivity contribution is 7.89. The summed E-state index contributed by atoms with van der Waals surface area (Å²) in [5, 5.41) is 11.9. The van der Waals surface area contributed by atoms with Crippen LogP contribution in [0.4, 0.5) is 5.69 Å². The maximum atomic E-state index is 12.3. The number of nitrogens with one attached hydrogen (secondary N) is 2. The molecule has 0 heterocycles. The van der Waals surface area contributed by atoms with E-state index < -0.39 is 16.0 Å². The Morgan fingerprint density at radius 1 is 1.04 bits per heavy atom. The van der Waals surface area contributed by atoms with E-state index in [1.54, 1.807) is 39.0 Å². The van der Waals surface area contributed by atoms with Crippen molar-refractivity contribution in [1.82, 2.24) is 4.72 Å². The molecule has 3 N–H and O–H groups in total. The minimum absolute atomic E-state index is 0.0389. The summed E-state index contributed by atoms with van der Waals surface area (Å²) in [6, 6.07) is 9.19. The van der Waals surface area contributed by atoms with Gasteiger partial charge in [0.05, 0.1) is 16.9 Å². The van der Waals surface area contributed by atoms with Crippen LogP contribution in [0.2, 0.25) is 0 Å². The van der Waals surface area contributed by atoms with Gasteiger partial charge in [-0.05, 0) is 48.7 Å². The van der Waals surface area contributed by atoms with Gasteiger partial charge in [-0.15, -0.1) is 0 Å². The van der Waals surface area contributed by atoms with Crippen molar-refractivity contribution in [3.63, 3.8) is 0 Å². The van der Waals surface area contributed by atoms with Crippen molar-refractivity contribution in [2.24, 2.45) is 0 Å². The normalized spacial score (nSPS) is 11.2. The number of carbonyl (C=O) groups is 2. The van der Waals surface area contributed by atoms with Gasteiger partial charge < -0.3 is 10.4 Å². The second-order valence-electron chi connectivity index (χ2n) is 6.16. The van der Waals surface area contributed by atoms with Crippen LogP contribution in [0.1, 0.15) is 34.0 Å². The van der Waals surface area contributed by atoms with Crippen molar-refractivity contribution in [2.45, 2.75) is 32.1 Å². The molecule has 0 bridgehead atoms. The van der Waals surface area contributed by atoms with Gasteiger partial charge >= 0.3 is 5.97 Å². The lowest BCUT2D eigenvalue weighted by atomic mass is 10.0. The fourth-order valence-corrected chi connectivity index (χ4v) is 3.70. The Kier molecular flexibility index (Phi) is 6.35. The van der Waals surface area contributed by atoms with Crippen molar-refractivity contribution in [2.75, 3.05) is 11.9 Å². The van der Waals surface area contributed by atoms with Crippen LogP contribution in [-0.4, -0.2) is 31.9 Å². The number of carbonyl (C=O) groups excluding carboxylic acids is 1. The first kappa shape index (κ1) is 20.6. The van der Waals surface area contributed by atoms with Crippen molar-refractivity contribution in [3.8, 4) is 0 Å². The number of amides is 1. The molecule has 0 fully saturated rings. The lowest BCUT2D eigenvalue weighted by Gasteiger charge is -2.12. The molecular formula is C19H22N2O5S. The summed E-state index contributed by atoms with van der Waals surface area (Å²) in [4.78, 5) is 23.7. The minimum atomic E-state index is -3.53. The molecule has 0 spiro atoms. The maximum absolute atomic E-state index is 12.3. The first-order valence-corrected chi connectivity index (χ1v) is 9.85. The number of aromatic carboxylic acids is 1. The lowest BCUT2D eigenvalue weighted by Crippen LogP contribution is -2.23. The molecule has 0 atom stereocenters. The van der Waals surface area contributed by atoms with E-state index in [1.807, 2.05) is 0 Å². The molecule has 2 rings (SSSR count). The number of sulfonamides is 1. The van der Waals surface area contributed by atoms with Crippen LogP contribution < -0.4 is 10.0 Å². The van der Waals surface area contributed by atoms with Crippen LogP contribution in [0.15, 0.2) is 41.3 Å². The van der Waals surface area contributed by atoms with Gasteiger partial charge in [-0.25, -0.2) is 17.9 Å². The zero-order valence-corrected chi connectivity index (χ0v) is 16.2. The fourth-order valence-electron chi connectivity index (χ4n) is 2.66. The Morgan fingerprint density at radius 3 is 2.22 bits per heavy atom. The molecule has 144 valence electrons. The zero-order valence-electron chi connectivity index (χ0n) is 15.4. The topological polar surface area (TPSA) is 113 Å². The molecule has 7 nitrogen and oxygen atoms in total. The summed E-state index contributed by atoms with van der Waals surface area (Å²) in [6.07, 6.45) is 0.0389. The zero-order chi connectivity index (χ0) is 20.2. The summed E-state index contributed by atoms with van der Waals surface area (Å²) in [5.74, 6) is -1.37. The molecule has 2 aromatic rings. The molecule has 0 saturated heterocycles. The molecule has 0 aliphatic heterocycles. The van der Waals surface area contributed by atoms with Gasteiger partial charge in [-0.3, -0.25) is 4.79 Å². The van der Waals surface area contributed by atoms with Gasteiger partial charge in [0, 0.05) is 12.2 Å². The number of hydrogen-bond acceptors (Lipinski definition) is 4. The van der Waals surface area contributed by atoms with E-state index in [2.05, 4.69) is 10.0 Å². The largest absolute Gasteiger partial charge is 0.478 e. The predicted molar refractivity (Wildman–Crippen MR) is 103 cm³/mol. The number of benzene rings is 2. The van der Waals surface area contributed by atoms with Gasteiger partial charge in [0.1, 0.15) is 0 Å². The average Bonchev–Trinajstić information content (AvgIpc) is 2.57. The lowest BCUT2D eigenvalue weighted by molar-refractivity contribution is -0.115. The van der Waals surface area contributed by atoms with Crippen molar-refractivity contribution >= 4 is 27.6 Å². The molecule has 0 aliphatic rings. The Bertz CT molecular complexity index is 966. The van der Waals surface area contributed by atoms with Crippen LogP contribution in [0.5, 0.6) is 0 Å². The van der Waals surface area contributed by atoms with E-state index in [9.17, 15) is 23.1 Å². The van der Waals surface area contributed by atoms with Crippen LogP contribution in [0, 0.1) is 13.8 Å². The first-order chi connectivity index (χ1) is 12.6. The number of rotatable bonds is 7. The van der Waals surface area contributed by atoms with E-state index in [1.165, 1.54) is 18.2 Å². The minimum Gasteiger partial charge on any atom is -0.478 e. The van der Waals surface area contributed by atoms with Crippen molar-refractivity contribution < 1.29 is 23.1 Å². The van der Waals surface area contributed by atoms with Gasteiger partial charge in [0.15, 0.2) is 0 Å². The number of carboxylic acids is 1. The van der Waals surface area contributed by atoms with E-state index >= 15 is 0 Å². The quantitative estimate of drug-likeness (QED) is 0.672. The molecule has 0 saturated carbocycles. The third-order valence-corrected chi connectivity index (χ3v) is 5.57. The number of aryl methyl sites for hydroxylation is 2. The molecule has 0 aromatic heterocycles. The van der Waals surface area contributed by atoms with Gasteiger partial charge in [-0.1, -0.05) is 25.1 Å². The molecule has 1 amide bonds. The van der Waals surface area contributed by atoms with E-state index in [-0.39, 0.29) is 22.8 Å². The summed E-state index contributed by atoms with van der Waals surface area (Å²) in [6.45, 7) is 5.47. The molecule has 8 heteroatoms. The molecule has 0 aliphatic carbocycles. The number of anilines is 1. The van der Waals surface area contributed by atoms with Crippen molar-refractivity contribution in [1.29, 1.82) is 0 Å². The standard InChI is InChI=1S/C19H22N2O5S/c1-4-20-27(25,26)15-7-5-14(6-8-15)10-18(22)21-17-11-16(19(23)24)12(2)9-13(17)3/h5-9,11,20H,4,10H2,1-3H3,(H,21,22)(H,23,24). The fraction of sp³-hybridized carbons (Fsp3) is 0.263. The third kappa shape index (κ3) is 5.15. The second-order valence-corrected chi connectivity index (χ2v) is 7.92. The van der Waals surface area contributed by atoms with Crippen molar-refractivity contribution in [3.05, 3.63) is 58.7 Å². The highest BCUT2D eigenvalue weighted by Crippen LogP contribution is 2.21. The second kappa shape index (κ2) is 8.32. The average molecular weight is 390 g/mol. The molecule has 0 unspecified atom stereocenters. The van der Waals surface area contributed by atoms with Crippen LogP contribution in [-0.2, 0) is 21.2 Å². The monoisotopic (exact) mass is 390 g/mol. The Labute approximate surface area is 158 Å². The first-order valence-electron chi connectivity index (χ1n) is 8.37. The van der Waals surface area contributed by atoms with E-state index in [0.717, 1.165) is 5.56 Å². The van der Waals surface area contributed by atoms with Gasteiger partial charge in [0.2, 0.25) is 15.9 Å². The Morgan fingerprint density at radius 2 is 1.67 bits per heavy atom. The molecule has 27 heavy (non-hydrogen) atoms. The van der Waals surface area contributed by atoms with Crippen LogP contribution in [0.25, 0.3) is 0 Å². The van der Waals surface area contributed by atoms with Gasteiger partial charge in [0.25, 0.3) is 0 Å². The molecule has 2 aromatic carbocycles. The third-order valence-electron chi connectivity index (χ3n) is 4.01. The van der Waals surface area contributed by atoms with Gasteiger partial charge in [-0.2, -0.15) is 0 Å². The highest BCUT2D eigenvalue weighted by Gasteiger charge is 2.14. The highest BCUT2D eigenvalue weighted by atomic mass is 32.2. The number of carboxylic acid groups (broad SMARTS) is 1. The SMILES string of the molecule is CCNS(=O)(=O)c1ccc(CC(=O)Nc2cc(C(=O)O)c(C)cc2C)cc1. The summed E-state index contributed by atoms with van der Waals surface area (Å²) in [5.41, 5.74) is 2.60. The molecule has 0 radical (unpaired) electrons. The summed E-state index contributed by atoms with van der Waals surface area (Å²) >= 11 is 0. The van der Waals surface area contributed by atoms with Crippen LogP contribution in [0.3, 0.4) is 0 Å². The predicted octanol–water partition coefficient (Wildman–Crippen LogP) is 2.48. The molecular weight excluding hydrogens is 368 g/mol. The summed E-state index contributed by atoms with van der Waals surface area (Å²) in [7, 11) is -3.53. The maximum Gasteiger partial charge on any atom is 0.336 e. The Hall–Kier alpha value is -2.71. The van der Waals surface area contributed by atoms with E-state index in [4.69, 9.17) is 0 Å². The Balaban J connectivity index is 2.12. The number of hydrogen-bond donors (Lipinski definition) is 3. The summed E-state index contributed by atoms with van der Waals surface area (Å²) < 4.78 is 26.2. The van der Waals surface area contributed by atoms with Crippen LogP contribution >= 0.6 is 0 Å². The smallest absolute Gasteiger partial charge is 0.336 e.